The van der Waals surface area contributed by atoms with E-state index in [1.165, 1.54) is 24.3 Å². The van der Waals surface area contributed by atoms with Crippen molar-refractivity contribution in [1.82, 2.24) is 0 Å². The number of amides is 3. The standard InChI is InChI=1S/C21H18N2O5/c1-13-8-14(2)10-16(9-13)22-18(24)12-28-21(27)15-4-3-5-17(11-15)23-19(25)6-7-20(23)26/h3-11H,12H2,1-2H3,(H,22,24). The number of benzene rings is 2. The van der Waals surface area contributed by atoms with Gasteiger partial charge in [0.2, 0.25) is 0 Å². The number of anilines is 2. The average molecular weight is 378 g/mol. The minimum atomic E-state index is -0.732. The minimum absolute atomic E-state index is 0.129. The Hall–Kier alpha value is -3.74. The lowest BCUT2D eigenvalue weighted by Gasteiger charge is -2.14. The average Bonchev–Trinajstić information content (AvgIpc) is 2.97. The van der Waals surface area contributed by atoms with Crippen molar-refractivity contribution in [2.45, 2.75) is 13.8 Å². The predicted octanol–water partition coefficient (Wildman–Crippen LogP) is 2.53. The molecule has 2 aromatic carbocycles. The molecule has 2 aromatic rings. The molecule has 1 aliphatic heterocycles. The molecule has 0 atom stereocenters. The van der Waals surface area contributed by atoms with Gasteiger partial charge in [-0.3, -0.25) is 14.4 Å². The monoisotopic (exact) mass is 378 g/mol. The van der Waals surface area contributed by atoms with Crippen LogP contribution in [-0.2, 0) is 19.1 Å². The molecule has 0 aromatic heterocycles. The van der Waals surface area contributed by atoms with Crippen LogP contribution in [0.2, 0.25) is 0 Å². The van der Waals surface area contributed by atoms with Gasteiger partial charge in [-0.25, -0.2) is 9.69 Å². The molecule has 28 heavy (non-hydrogen) atoms. The quantitative estimate of drug-likeness (QED) is 0.638. The number of hydrogen-bond donors (Lipinski definition) is 1. The third-order valence-electron chi connectivity index (χ3n) is 3.99. The highest BCUT2D eigenvalue weighted by atomic mass is 16.5. The number of hydrogen-bond acceptors (Lipinski definition) is 5. The van der Waals surface area contributed by atoms with Crippen LogP contribution in [0.25, 0.3) is 0 Å². The maximum atomic E-state index is 12.2. The Morgan fingerprint density at radius 1 is 0.964 bits per heavy atom. The van der Waals surface area contributed by atoms with E-state index in [1.54, 1.807) is 0 Å². The summed E-state index contributed by atoms with van der Waals surface area (Å²) < 4.78 is 5.04. The van der Waals surface area contributed by atoms with E-state index in [0.29, 0.717) is 5.69 Å². The van der Waals surface area contributed by atoms with E-state index in [2.05, 4.69) is 5.32 Å². The fourth-order valence-corrected chi connectivity index (χ4v) is 2.89. The Labute approximate surface area is 161 Å². The van der Waals surface area contributed by atoms with E-state index in [4.69, 9.17) is 4.74 Å². The number of carbonyl (C=O) groups excluding carboxylic acids is 4. The summed E-state index contributed by atoms with van der Waals surface area (Å²) in [5.74, 6) is -2.17. The van der Waals surface area contributed by atoms with E-state index in [1.807, 2.05) is 32.0 Å². The first-order valence-corrected chi connectivity index (χ1v) is 8.55. The molecule has 1 aliphatic rings. The third kappa shape index (κ3) is 4.32. The second-order valence-electron chi connectivity index (χ2n) is 6.40. The lowest BCUT2D eigenvalue weighted by atomic mass is 10.1. The number of aryl methyl sites for hydroxylation is 2. The SMILES string of the molecule is Cc1cc(C)cc(NC(=O)COC(=O)c2cccc(N3C(=O)C=CC3=O)c2)c1. The third-order valence-corrected chi connectivity index (χ3v) is 3.99. The molecule has 0 fully saturated rings. The van der Waals surface area contributed by atoms with Crippen molar-refractivity contribution in [3.63, 3.8) is 0 Å². The Balaban J connectivity index is 1.62. The van der Waals surface area contributed by atoms with E-state index in [-0.39, 0.29) is 11.3 Å². The summed E-state index contributed by atoms with van der Waals surface area (Å²) in [7, 11) is 0. The molecule has 7 nitrogen and oxygen atoms in total. The van der Waals surface area contributed by atoms with E-state index < -0.39 is 30.3 Å². The summed E-state index contributed by atoms with van der Waals surface area (Å²) in [6, 6.07) is 11.5. The molecule has 0 saturated carbocycles. The van der Waals surface area contributed by atoms with Gasteiger partial charge in [0.15, 0.2) is 6.61 Å². The summed E-state index contributed by atoms with van der Waals surface area (Å²) in [5, 5.41) is 2.68. The van der Waals surface area contributed by atoms with Crippen molar-refractivity contribution in [3.05, 3.63) is 71.3 Å². The maximum absolute atomic E-state index is 12.2. The van der Waals surface area contributed by atoms with Gasteiger partial charge in [0, 0.05) is 17.8 Å². The minimum Gasteiger partial charge on any atom is -0.452 e. The first-order chi connectivity index (χ1) is 13.3. The molecule has 142 valence electrons. The zero-order valence-corrected chi connectivity index (χ0v) is 15.4. The van der Waals surface area contributed by atoms with E-state index in [0.717, 1.165) is 28.2 Å². The van der Waals surface area contributed by atoms with Gasteiger partial charge in [-0.05, 0) is 55.3 Å². The first kappa shape index (κ1) is 19.0. The Morgan fingerprint density at radius 3 is 2.25 bits per heavy atom. The predicted molar refractivity (Wildman–Crippen MR) is 103 cm³/mol. The molecule has 0 saturated heterocycles. The van der Waals surface area contributed by atoms with Crippen molar-refractivity contribution >= 4 is 35.1 Å². The van der Waals surface area contributed by atoms with Gasteiger partial charge in [-0.2, -0.15) is 0 Å². The molecule has 7 heteroatoms. The lowest BCUT2D eigenvalue weighted by Crippen LogP contribution is -2.29. The van der Waals surface area contributed by atoms with Crippen LogP contribution in [0.3, 0.4) is 0 Å². The molecule has 1 heterocycles. The largest absolute Gasteiger partial charge is 0.452 e. The van der Waals surface area contributed by atoms with Crippen LogP contribution < -0.4 is 10.2 Å². The number of esters is 1. The zero-order valence-electron chi connectivity index (χ0n) is 15.4. The highest BCUT2D eigenvalue weighted by molar-refractivity contribution is 6.28. The van der Waals surface area contributed by atoms with Gasteiger partial charge in [-0.1, -0.05) is 12.1 Å². The van der Waals surface area contributed by atoms with Crippen LogP contribution in [0, 0.1) is 13.8 Å². The Kier molecular flexibility index (Phi) is 5.35. The van der Waals surface area contributed by atoms with Crippen LogP contribution in [0.5, 0.6) is 0 Å². The fourth-order valence-electron chi connectivity index (χ4n) is 2.89. The van der Waals surface area contributed by atoms with Gasteiger partial charge >= 0.3 is 5.97 Å². The number of ether oxygens (including phenoxy) is 1. The van der Waals surface area contributed by atoms with E-state index >= 15 is 0 Å². The number of nitrogens with zero attached hydrogens (tertiary/aromatic N) is 1. The van der Waals surface area contributed by atoms with Crippen LogP contribution in [0.15, 0.2) is 54.6 Å². The molecular formula is C21H18N2O5. The number of carbonyl (C=O) groups is 4. The smallest absolute Gasteiger partial charge is 0.338 e. The van der Waals surface area contributed by atoms with E-state index in [9.17, 15) is 19.2 Å². The Morgan fingerprint density at radius 2 is 1.61 bits per heavy atom. The first-order valence-electron chi connectivity index (χ1n) is 8.55. The number of rotatable bonds is 5. The van der Waals surface area contributed by atoms with Gasteiger partial charge in [0.1, 0.15) is 0 Å². The van der Waals surface area contributed by atoms with Crippen LogP contribution in [-0.4, -0.2) is 30.3 Å². The van der Waals surface area contributed by atoms with Gasteiger partial charge in [-0.15, -0.1) is 0 Å². The summed E-state index contributed by atoms with van der Waals surface area (Å²) in [5.41, 5.74) is 3.02. The van der Waals surface area contributed by atoms with Gasteiger partial charge in [0.05, 0.1) is 11.3 Å². The van der Waals surface area contributed by atoms with Crippen molar-refractivity contribution in [2.75, 3.05) is 16.8 Å². The molecule has 3 amide bonds. The number of nitrogens with one attached hydrogen (secondary N) is 1. The van der Waals surface area contributed by atoms with Crippen LogP contribution >= 0.6 is 0 Å². The van der Waals surface area contributed by atoms with Crippen molar-refractivity contribution in [1.29, 1.82) is 0 Å². The lowest BCUT2D eigenvalue weighted by molar-refractivity contribution is -0.120. The highest BCUT2D eigenvalue weighted by Gasteiger charge is 2.25. The van der Waals surface area contributed by atoms with Crippen LogP contribution in [0.1, 0.15) is 21.5 Å². The molecule has 0 aliphatic carbocycles. The maximum Gasteiger partial charge on any atom is 0.338 e. The van der Waals surface area contributed by atoms with Crippen molar-refractivity contribution in [2.24, 2.45) is 0 Å². The summed E-state index contributed by atoms with van der Waals surface area (Å²) in [6.45, 7) is 3.38. The number of imide groups is 1. The molecule has 3 rings (SSSR count). The topological polar surface area (TPSA) is 92.8 Å². The van der Waals surface area contributed by atoms with Gasteiger partial charge < -0.3 is 10.1 Å². The molecular weight excluding hydrogens is 360 g/mol. The molecule has 0 bridgehead atoms. The second-order valence-corrected chi connectivity index (χ2v) is 6.40. The molecule has 0 spiro atoms. The second kappa shape index (κ2) is 7.87. The Bertz CT molecular complexity index is 971. The van der Waals surface area contributed by atoms with Crippen LogP contribution in [0.4, 0.5) is 11.4 Å². The summed E-state index contributed by atoms with van der Waals surface area (Å²) in [4.78, 5) is 48.7. The highest BCUT2D eigenvalue weighted by Crippen LogP contribution is 2.20. The molecule has 0 radical (unpaired) electrons. The zero-order chi connectivity index (χ0) is 20.3. The van der Waals surface area contributed by atoms with Gasteiger partial charge in [0.25, 0.3) is 17.7 Å². The molecule has 0 unspecified atom stereocenters. The van der Waals surface area contributed by atoms with Crippen molar-refractivity contribution in [3.8, 4) is 0 Å². The van der Waals surface area contributed by atoms with Crippen molar-refractivity contribution < 1.29 is 23.9 Å². The fraction of sp³-hybridized carbons (Fsp3) is 0.143. The summed E-state index contributed by atoms with van der Waals surface area (Å²) in [6.07, 6.45) is 2.31. The normalized spacial score (nSPS) is 13.0. The summed E-state index contributed by atoms with van der Waals surface area (Å²) >= 11 is 0. The molecule has 1 N–H and O–H groups in total.